The average Bonchev–Trinajstić information content (AvgIpc) is 3.68. The number of halogens is 1. The normalized spacial score (nSPS) is 23.4. The van der Waals surface area contributed by atoms with E-state index in [4.69, 9.17) is 14.3 Å². The molecular formula is C29H30FN7O5. The van der Waals surface area contributed by atoms with E-state index in [2.05, 4.69) is 25.4 Å². The van der Waals surface area contributed by atoms with Gasteiger partial charge in [0.25, 0.3) is 0 Å². The van der Waals surface area contributed by atoms with E-state index in [9.17, 15) is 14.3 Å². The lowest BCUT2D eigenvalue weighted by Crippen LogP contribution is -2.46. The fourth-order valence-corrected chi connectivity index (χ4v) is 5.22. The number of hydrogen-bond acceptors (Lipinski definition) is 10. The third-order valence-electron chi connectivity index (χ3n) is 7.27. The zero-order valence-electron chi connectivity index (χ0n) is 23.0. The van der Waals surface area contributed by atoms with Gasteiger partial charge in [-0.3, -0.25) is 4.57 Å². The first-order valence-electron chi connectivity index (χ1n) is 13.6. The summed E-state index contributed by atoms with van der Waals surface area (Å²) in [6.45, 7) is 2.16. The molecule has 4 aromatic rings. The fraction of sp³-hybridized carbons (Fsp3) is 0.345. The third kappa shape index (κ3) is 5.60. The minimum atomic E-state index is -0.887. The Bertz CT molecular complexity index is 1600. The molecule has 218 valence electrons. The van der Waals surface area contributed by atoms with Crippen LogP contribution in [0, 0.1) is 5.82 Å². The first-order valence-corrected chi connectivity index (χ1v) is 13.6. The SMILES string of the molecule is C[C@@H]1ON=C(c2ccccc2)C1NC(=O)OC[C@@H]1C[C@@H](O)[C@H](n2cnc3c(N(C)Cc4cccc(F)c4)ncnc32)O1. The van der Waals surface area contributed by atoms with Crippen molar-refractivity contribution in [2.75, 3.05) is 18.6 Å². The molecule has 0 aliphatic carbocycles. The molecule has 5 atom stereocenters. The lowest BCUT2D eigenvalue weighted by molar-refractivity contribution is -0.0507. The molecule has 2 aromatic carbocycles. The summed E-state index contributed by atoms with van der Waals surface area (Å²) in [4.78, 5) is 33.2. The molecule has 1 amide bonds. The monoisotopic (exact) mass is 575 g/mol. The summed E-state index contributed by atoms with van der Waals surface area (Å²) < 4.78 is 26.8. The van der Waals surface area contributed by atoms with Crippen LogP contribution in [0.3, 0.4) is 0 Å². The van der Waals surface area contributed by atoms with Gasteiger partial charge >= 0.3 is 6.09 Å². The number of aliphatic hydroxyl groups is 1. The van der Waals surface area contributed by atoms with Crippen molar-refractivity contribution in [2.24, 2.45) is 5.16 Å². The van der Waals surface area contributed by atoms with Gasteiger partial charge in [0.15, 0.2) is 29.3 Å². The van der Waals surface area contributed by atoms with Gasteiger partial charge in [-0.25, -0.2) is 24.1 Å². The Morgan fingerprint density at radius 3 is 2.83 bits per heavy atom. The molecule has 4 heterocycles. The number of oxime groups is 1. The smallest absolute Gasteiger partial charge is 0.407 e. The predicted octanol–water partition coefficient (Wildman–Crippen LogP) is 3.17. The number of alkyl carbamates (subject to hydrolysis) is 1. The van der Waals surface area contributed by atoms with Crippen molar-refractivity contribution in [3.8, 4) is 0 Å². The number of anilines is 1. The second-order valence-corrected chi connectivity index (χ2v) is 10.3. The standard InChI is InChI=1S/C29H30FN7O5/c1-17-23(24(35-42-17)19-8-4-3-5-9-19)34-29(39)40-14-21-12-22(38)28(41-21)37-16-33-25-26(31-15-32-27(25)37)36(2)13-18-7-6-10-20(30)11-18/h3-11,15-17,21-23,28,38H,12-14H2,1-2H3,(H,34,39)/t17-,21-,22+,23?,28+/m0/s1. The number of nitrogens with one attached hydrogen (secondary N) is 1. The van der Waals surface area contributed by atoms with Crippen LogP contribution in [0.5, 0.6) is 0 Å². The summed E-state index contributed by atoms with van der Waals surface area (Å²) in [6, 6.07) is 15.3. The number of aromatic nitrogens is 4. The summed E-state index contributed by atoms with van der Waals surface area (Å²) in [7, 11) is 1.83. The van der Waals surface area contributed by atoms with Crippen molar-refractivity contribution in [2.45, 2.75) is 50.5 Å². The van der Waals surface area contributed by atoms with Crippen molar-refractivity contribution in [1.82, 2.24) is 24.8 Å². The van der Waals surface area contributed by atoms with E-state index in [1.807, 2.05) is 55.3 Å². The molecule has 12 nitrogen and oxygen atoms in total. The molecule has 2 aliphatic heterocycles. The minimum absolute atomic E-state index is 0.0671. The summed E-state index contributed by atoms with van der Waals surface area (Å²) in [5, 5.41) is 17.8. The van der Waals surface area contributed by atoms with Crippen LogP contribution in [-0.2, 0) is 20.9 Å². The lowest BCUT2D eigenvalue weighted by Gasteiger charge is -2.20. The fourth-order valence-electron chi connectivity index (χ4n) is 5.22. The number of nitrogens with zero attached hydrogens (tertiary/aromatic N) is 6. The molecule has 0 spiro atoms. The number of amides is 1. The van der Waals surface area contributed by atoms with E-state index in [0.29, 0.717) is 29.2 Å². The van der Waals surface area contributed by atoms with Gasteiger partial charge in [-0.2, -0.15) is 0 Å². The van der Waals surface area contributed by atoms with Gasteiger partial charge in [-0.15, -0.1) is 0 Å². The maximum atomic E-state index is 13.7. The molecule has 1 fully saturated rings. The van der Waals surface area contributed by atoms with Crippen LogP contribution in [0.4, 0.5) is 15.0 Å². The van der Waals surface area contributed by atoms with Gasteiger partial charge in [-0.1, -0.05) is 47.6 Å². The largest absolute Gasteiger partial charge is 0.447 e. The molecular weight excluding hydrogens is 545 g/mol. The van der Waals surface area contributed by atoms with Gasteiger partial charge in [-0.05, 0) is 24.6 Å². The molecule has 6 rings (SSSR count). The number of rotatable bonds is 8. The predicted molar refractivity (Wildman–Crippen MR) is 150 cm³/mol. The van der Waals surface area contributed by atoms with E-state index in [-0.39, 0.29) is 24.9 Å². The highest BCUT2D eigenvalue weighted by Gasteiger charge is 2.38. The molecule has 2 aliphatic rings. The molecule has 1 unspecified atom stereocenters. The molecule has 2 N–H and O–H groups in total. The molecule has 2 aromatic heterocycles. The number of imidazole rings is 1. The van der Waals surface area contributed by atoms with E-state index in [1.165, 1.54) is 24.8 Å². The number of carbonyl (C=O) groups excluding carboxylic acids is 1. The van der Waals surface area contributed by atoms with Crippen LogP contribution < -0.4 is 10.2 Å². The molecule has 13 heteroatoms. The number of hydrogen-bond donors (Lipinski definition) is 2. The van der Waals surface area contributed by atoms with Crippen LogP contribution >= 0.6 is 0 Å². The maximum Gasteiger partial charge on any atom is 0.407 e. The Morgan fingerprint density at radius 2 is 2.02 bits per heavy atom. The van der Waals surface area contributed by atoms with Crippen LogP contribution in [0.25, 0.3) is 11.2 Å². The first kappa shape index (κ1) is 27.5. The zero-order chi connectivity index (χ0) is 29.2. The topological polar surface area (TPSA) is 136 Å². The quantitative estimate of drug-likeness (QED) is 0.325. The molecule has 0 radical (unpaired) electrons. The Balaban J connectivity index is 1.09. The summed E-state index contributed by atoms with van der Waals surface area (Å²) in [5.74, 6) is 0.241. The van der Waals surface area contributed by atoms with E-state index in [0.717, 1.165) is 11.1 Å². The van der Waals surface area contributed by atoms with Crippen molar-refractivity contribution >= 4 is 28.8 Å². The number of aliphatic hydroxyl groups excluding tert-OH is 1. The third-order valence-corrected chi connectivity index (χ3v) is 7.27. The summed E-state index contributed by atoms with van der Waals surface area (Å²) in [6.07, 6.45) is -0.0468. The van der Waals surface area contributed by atoms with Crippen LogP contribution in [0.15, 0.2) is 72.4 Å². The molecule has 42 heavy (non-hydrogen) atoms. The van der Waals surface area contributed by atoms with E-state index >= 15 is 0 Å². The molecule has 0 saturated carbocycles. The van der Waals surface area contributed by atoms with E-state index in [1.54, 1.807) is 10.6 Å². The van der Waals surface area contributed by atoms with Crippen LogP contribution in [0.1, 0.15) is 30.7 Å². The molecule has 0 bridgehead atoms. The average molecular weight is 576 g/mol. The highest BCUT2D eigenvalue weighted by Crippen LogP contribution is 2.32. The number of ether oxygens (including phenoxy) is 2. The van der Waals surface area contributed by atoms with Gasteiger partial charge in [0, 0.05) is 25.6 Å². The Hall–Kier alpha value is -4.62. The summed E-state index contributed by atoms with van der Waals surface area (Å²) in [5.41, 5.74) is 3.22. The second kappa shape index (κ2) is 11.7. The summed E-state index contributed by atoms with van der Waals surface area (Å²) >= 11 is 0. The second-order valence-electron chi connectivity index (χ2n) is 10.3. The maximum absolute atomic E-state index is 13.7. The first-order chi connectivity index (χ1) is 20.4. The van der Waals surface area contributed by atoms with Crippen LogP contribution in [-0.4, -0.2) is 74.4 Å². The minimum Gasteiger partial charge on any atom is -0.447 e. The lowest BCUT2D eigenvalue weighted by atomic mass is 10.0. The van der Waals surface area contributed by atoms with Crippen molar-refractivity contribution in [3.63, 3.8) is 0 Å². The highest BCUT2D eigenvalue weighted by atomic mass is 19.1. The van der Waals surface area contributed by atoms with E-state index < -0.39 is 30.6 Å². The Morgan fingerprint density at radius 1 is 1.19 bits per heavy atom. The van der Waals surface area contributed by atoms with Gasteiger partial charge < -0.3 is 29.6 Å². The molecule has 1 saturated heterocycles. The van der Waals surface area contributed by atoms with Gasteiger partial charge in [0.1, 0.15) is 36.6 Å². The number of benzene rings is 2. The Kier molecular flexibility index (Phi) is 7.68. The van der Waals surface area contributed by atoms with Crippen molar-refractivity contribution in [1.29, 1.82) is 0 Å². The van der Waals surface area contributed by atoms with Gasteiger partial charge in [0.2, 0.25) is 0 Å². The Labute approximate surface area is 240 Å². The zero-order valence-corrected chi connectivity index (χ0v) is 23.0. The number of carbonyl (C=O) groups is 1. The van der Waals surface area contributed by atoms with Crippen molar-refractivity contribution in [3.05, 3.63) is 84.2 Å². The number of fused-ring (bicyclic) bond motifs is 1. The highest BCUT2D eigenvalue weighted by molar-refractivity contribution is 6.06. The van der Waals surface area contributed by atoms with Gasteiger partial charge in [0.05, 0.1) is 12.4 Å². The van der Waals surface area contributed by atoms with Crippen molar-refractivity contribution < 1.29 is 28.6 Å². The van der Waals surface area contributed by atoms with Crippen LogP contribution in [0.2, 0.25) is 0 Å².